The normalized spacial score (nSPS) is 21.7. The Balaban J connectivity index is 2.45. The number of amides is 1. The summed E-state index contributed by atoms with van der Waals surface area (Å²) in [6.07, 6.45) is 3.31. The molecule has 1 amide bonds. The lowest BCUT2D eigenvalue weighted by atomic mass is 9.82. The van der Waals surface area contributed by atoms with Crippen LogP contribution in [0.5, 0.6) is 0 Å². The first-order chi connectivity index (χ1) is 8.11. The number of sulfone groups is 1. The molecule has 1 unspecified atom stereocenters. The van der Waals surface area contributed by atoms with Crippen molar-refractivity contribution in [2.24, 2.45) is 11.1 Å². The van der Waals surface area contributed by atoms with E-state index in [1.807, 2.05) is 0 Å². The Kier molecular flexibility index (Phi) is 4.78. The summed E-state index contributed by atoms with van der Waals surface area (Å²) in [5, 5.41) is 0. The molecule has 0 spiro atoms. The Labute approximate surface area is 110 Å². The molecule has 1 fully saturated rings. The molecule has 1 rings (SSSR count). The summed E-state index contributed by atoms with van der Waals surface area (Å²) in [5.74, 6) is -0.145. The van der Waals surface area contributed by atoms with Crippen LogP contribution >= 0.6 is 0 Å². The van der Waals surface area contributed by atoms with Crippen LogP contribution < -0.4 is 5.73 Å². The molecule has 0 saturated carbocycles. The molecule has 0 radical (unpaired) electrons. The lowest BCUT2D eigenvalue weighted by Gasteiger charge is -2.37. The topological polar surface area (TPSA) is 80.5 Å². The van der Waals surface area contributed by atoms with Crippen LogP contribution in [-0.2, 0) is 14.6 Å². The van der Waals surface area contributed by atoms with Crippen molar-refractivity contribution in [3.05, 3.63) is 0 Å². The van der Waals surface area contributed by atoms with Gasteiger partial charge in [-0.05, 0) is 24.7 Å². The maximum absolute atomic E-state index is 12.0. The maximum Gasteiger partial charge on any atom is 0.239 e. The zero-order valence-electron chi connectivity index (χ0n) is 11.5. The van der Waals surface area contributed by atoms with Gasteiger partial charge in [-0.2, -0.15) is 0 Å². The largest absolute Gasteiger partial charge is 0.341 e. The maximum atomic E-state index is 12.0. The third-order valence-electron chi connectivity index (χ3n) is 3.55. The standard InChI is InChI=1S/C12H24N2O3S/c1-12(2)5-7-14(8-6-12)11(15)10(13)4-9-18(3,16)17/h10H,4-9,13H2,1-3H3. The van der Waals surface area contributed by atoms with E-state index >= 15 is 0 Å². The number of likely N-dealkylation sites (tertiary alicyclic amines) is 1. The lowest BCUT2D eigenvalue weighted by Crippen LogP contribution is -2.48. The SMILES string of the molecule is CC1(C)CCN(C(=O)C(N)CCS(C)(=O)=O)CC1. The number of hydrogen-bond donors (Lipinski definition) is 1. The predicted molar refractivity (Wildman–Crippen MR) is 71.9 cm³/mol. The molecular weight excluding hydrogens is 252 g/mol. The van der Waals surface area contributed by atoms with Gasteiger partial charge in [0.05, 0.1) is 11.8 Å². The van der Waals surface area contributed by atoms with Crippen LogP contribution in [0.1, 0.15) is 33.1 Å². The smallest absolute Gasteiger partial charge is 0.239 e. The third kappa shape index (κ3) is 4.94. The quantitative estimate of drug-likeness (QED) is 0.806. The lowest BCUT2D eigenvalue weighted by molar-refractivity contribution is -0.134. The van der Waals surface area contributed by atoms with Gasteiger partial charge in [-0.1, -0.05) is 13.8 Å². The van der Waals surface area contributed by atoms with Gasteiger partial charge < -0.3 is 10.6 Å². The van der Waals surface area contributed by atoms with E-state index in [0.29, 0.717) is 0 Å². The molecule has 1 atom stereocenters. The molecular formula is C12H24N2O3S. The minimum absolute atomic E-state index is 0.0285. The highest BCUT2D eigenvalue weighted by Crippen LogP contribution is 2.29. The van der Waals surface area contributed by atoms with Gasteiger partial charge in [0.25, 0.3) is 0 Å². The second-order valence-electron chi connectivity index (χ2n) is 6.01. The Morgan fingerprint density at radius 3 is 2.28 bits per heavy atom. The van der Waals surface area contributed by atoms with Crippen LogP contribution in [0.3, 0.4) is 0 Å². The van der Waals surface area contributed by atoms with E-state index in [9.17, 15) is 13.2 Å². The molecule has 1 saturated heterocycles. The molecule has 5 nitrogen and oxygen atoms in total. The van der Waals surface area contributed by atoms with Gasteiger partial charge in [-0.3, -0.25) is 4.79 Å². The Morgan fingerprint density at radius 1 is 1.33 bits per heavy atom. The number of carbonyl (C=O) groups excluding carboxylic acids is 1. The van der Waals surface area contributed by atoms with E-state index in [-0.39, 0.29) is 23.5 Å². The molecule has 0 aliphatic carbocycles. The van der Waals surface area contributed by atoms with Crippen molar-refractivity contribution in [2.45, 2.75) is 39.2 Å². The summed E-state index contributed by atoms with van der Waals surface area (Å²) in [6.45, 7) is 5.83. The van der Waals surface area contributed by atoms with Crippen molar-refractivity contribution in [2.75, 3.05) is 25.1 Å². The van der Waals surface area contributed by atoms with E-state index in [1.54, 1.807) is 4.90 Å². The summed E-state index contributed by atoms with van der Waals surface area (Å²) >= 11 is 0. The summed E-state index contributed by atoms with van der Waals surface area (Å²) in [4.78, 5) is 13.8. The monoisotopic (exact) mass is 276 g/mol. The molecule has 0 aromatic heterocycles. The zero-order valence-corrected chi connectivity index (χ0v) is 12.3. The summed E-state index contributed by atoms with van der Waals surface area (Å²) in [7, 11) is -3.05. The number of nitrogens with two attached hydrogens (primary N) is 1. The molecule has 1 aliphatic heterocycles. The van der Waals surface area contributed by atoms with Gasteiger partial charge in [-0.15, -0.1) is 0 Å². The van der Waals surface area contributed by atoms with E-state index in [4.69, 9.17) is 5.73 Å². The Hall–Kier alpha value is -0.620. The van der Waals surface area contributed by atoms with Crippen molar-refractivity contribution in [1.82, 2.24) is 4.90 Å². The summed E-state index contributed by atoms with van der Waals surface area (Å²) < 4.78 is 22.1. The fraction of sp³-hybridized carbons (Fsp3) is 0.917. The van der Waals surface area contributed by atoms with Crippen molar-refractivity contribution in [3.63, 3.8) is 0 Å². The molecule has 106 valence electrons. The molecule has 0 bridgehead atoms. The third-order valence-corrected chi connectivity index (χ3v) is 4.52. The molecule has 6 heteroatoms. The fourth-order valence-corrected chi connectivity index (χ4v) is 2.71. The summed E-state index contributed by atoms with van der Waals surface area (Å²) in [6, 6.07) is -0.694. The van der Waals surface area contributed by atoms with Crippen LogP contribution in [0.2, 0.25) is 0 Å². The highest BCUT2D eigenvalue weighted by atomic mass is 32.2. The van der Waals surface area contributed by atoms with Crippen LogP contribution in [0, 0.1) is 5.41 Å². The Bertz CT molecular complexity index is 394. The van der Waals surface area contributed by atoms with Crippen LogP contribution in [0.25, 0.3) is 0 Å². The first-order valence-corrected chi connectivity index (χ1v) is 8.39. The Morgan fingerprint density at radius 2 is 1.83 bits per heavy atom. The molecule has 2 N–H and O–H groups in total. The highest BCUT2D eigenvalue weighted by Gasteiger charge is 2.30. The van der Waals surface area contributed by atoms with Gasteiger partial charge in [0, 0.05) is 19.3 Å². The molecule has 0 aromatic rings. The van der Waals surface area contributed by atoms with Crippen molar-refractivity contribution >= 4 is 15.7 Å². The minimum atomic E-state index is -3.05. The number of carbonyl (C=O) groups is 1. The molecule has 1 heterocycles. The highest BCUT2D eigenvalue weighted by molar-refractivity contribution is 7.90. The van der Waals surface area contributed by atoms with E-state index in [0.717, 1.165) is 32.2 Å². The van der Waals surface area contributed by atoms with Gasteiger partial charge in [0.1, 0.15) is 9.84 Å². The average Bonchev–Trinajstić information content (AvgIpc) is 2.24. The average molecular weight is 276 g/mol. The minimum Gasteiger partial charge on any atom is -0.341 e. The molecule has 1 aliphatic rings. The van der Waals surface area contributed by atoms with Gasteiger partial charge in [0.2, 0.25) is 5.91 Å². The number of rotatable bonds is 4. The van der Waals surface area contributed by atoms with E-state index in [2.05, 4.69) is 13.8 Å². The first-order valence-electron chi connectivity index (χ1n) is 6.33. The number of piperidine rings is 1. The summed E-state index contributed by atoms with van der Waals surface area (Å²) in [5.41, 5.74) is 6.05. The zero-order chi connectivity index (χ0) is 14.0. The van der Waals surface area contributed by atoms with Crippen LogP contribution in [0.15, 0.2) is 0 Å². The molecule has 0 aromatic carbocycles. The van der Waals surface area contributed by atoms with E-state index in [1.165, 1.54) is 0 Å². The van der Waals surface area contributed by atoms with Gasteiger partial charge in [0.15, 0.2) is 0 Å². The molecule has 18 heavy (non-hydrogen) atoms. The second-order valence-corrected chi connectivity index (χ2v) is 8.27. The van der Waals surface area contributed by atoms with Crippen LogP contribution in [-0.4, -0.2) is 50.4 Å². The van der Waals surface area contributed by atoms with Crippen LogP contribution in [0.4, 0.5) is 0 Å². The van der Waals surface area contributed by atoms with Gasteiger partial charge >= 0.3 is 0 Å². The predicted octanol–water partition coefficient (Wildman–Crippen LogP) is 0.397. The van der Waals surface area contributed by atoms with Crippen molar-refractivity contribution in [1.29, 1.82) is 0 Å². The van der Waals surface area contributed by atoms with Crippen molar-refractivity contribution < 1.29 is 13.2 Å². The van der Waals surface area contributed by atoms with Crippen molar-refractivity contribution in [3.8, 4) is 0 Å². The number of hydrogen-bond acceptors (Lipinski definition) is 4. The first kappa shape index (κ1) is 15.4. The van der Waals surface area contributed by atoms with E-state index < -0.39 is 15.9 Å². The fourth-order valence-electron chi connectivity index (χ4n) is 2.03. The van der Waals surface area contributed by atoms with Gasteiger partial charge in [-0.25, -0.2) is 8.42 Å². The second kappa shape index (κ2) is 5.57. The number of nitrogens with zero attached hydrogens (tertiary/aromatic N) is 1.